The topological polar surface area (TPSA) is 66.5 Å². The van der Waals surface area contributed by atoms with E-state index in [0.717, 1.165) is 12.1 Å². The van der Waals surface area contributed by atoms with Crippen LogP contribution in [0.4, 0.5) is 20.3 Å². The summed E-state index contributed by atoms with van der Waals surface area (Å²) in [6.45, 7) is 0. The van der Waals surface area contributed by atoms with Gasteiger partial charge < -0.3 is 5.32 Å². The minimum Gasteiger partial charge on any atom is -0.335 e. The Morgan fingerprint density at radius 3 is 2.60 bits per heavy atom. The highest BCUT2D eigenvalue weighted by Crippen LogP contribution is 2.29. The molecule has 2 aromatic heterocycles. The molecular weight excluding hydrogens is 356 g/mol. The van der Waals surface area contributed by atoms with Gasteiger partial charge in [-0.05, 0) is 23.7 Å². The van der Waals surface area contributed by atoms with Gasteiger partial charge in [-0.1, -0.05) is 15.9 Å². The van der Waals surface area contributed by atoms with Gasteiger partial charge in [0.25, 0.3) is 0 Å². The van der Waals surface area contributed by atoms with Crippen molar-refractivity contribution in [3.63, 3.8) is 0 Å². The summed E-state index contributed by atoms with van der Waals surface area (Å²) >= 11 is 8.75. The number of H-pyrrole nitrogens is 1. The van der Waals surface area contributed by atoms with Crippen LogP contribution in [0, 0.1) is 11.6 Å². The molecule has 20 heavy (non-hydrogen) atoms. The summed E-state index contributed by atoms with van der Waals surface area (Å²) in [5.41, 5.74) is 0.0379. The summed E-state index contributed by atoms with van der Waals surface area (Å²) in [7, 11) is 0. The third-order valence-corrected chi connectivity index (χ3v) is 3.16. The van der Waals surface area contributed by atoms with Crippen LogP contribution < -0.4 is 5.32 Å². The number of halogens is 4. The van der Waals surface area contributed by atoms with Gasteiger partial charge >= 0.3 is 0 Å². The third-order valence-electron chi connectivity index (χ3n) is 2.53. The van der Waals surface area contributed by atoms with E-state index in [1.807, 2.05) is 0 Å². The molecule has 0 bridgehead atoms. The molecule has 0 aliphatic heterocycles. The van der Waals surface area contributed by atoms with Gasteiger partial charge in [-0.25, -0.2) is 8.78 Å². The molecule has 2 heterocycles. The van der Waals surface area contributed by atoms with E-state index < -0.39 is 11.6 Å². The molecular formula is C11H5BrClF2N5. The summed E-state index contributed by atoms with van der Waals surface area (Å²) in [5, 5.41) is 9.36. The van der Waals surface area contributed by atoms with Crippen LogP contribution in [0.3, 0.4) is 0 Å². The van der Waals surface area contributed by atoms with Crippen LogP contribution in [0.2, 0.25) is 5.28 Å². The molecule has 0 spiro atoms. The van der Waals surface area contributed by atoms with Crippen LogP contribution in [0.25, 0.3) is 11.0 Å². The van der Waals surface area contributed by atoms with Crippen molar-refractivity contribution in [2.24, 2.45) is 0 Å². The Morgan fingerprint density at radius 2 is 1.90 bits per heavy atom. The standard InChI is InChI=1S/C11H5BrClF2N5/c12-4-1-6(14)8(7(15)2-4)17-9-5-3-16-20-10(5)19-11(13)18-9/h1-3H,(H2,16,17,18,19,20). The van der Waals surface area contributed by atoms with E-state index in [-0.39, 0.29) is 16.8 Å². The second-order valence-electron chi connectivity index (χ2n) is 3.84. The first-order valence-corrected chi connectivity index (χ1v) is 6.50. The van der Waals surface area contributed by atoms with Gasteiger partial charge in [-0.2, -0.15) is 15.1 Å². The number of hydrogen-bond acceptors (Lipinski definition) is 4. The Morgan fingerprint density at radius 1 is 1.20 bits per heavy atom. The molecule has 5 nitrogen and oxygen atoms in total. The second kappa shape index (κ2) is 4.95. The monoisotopic (exact) mass is 359 g/mol. The van der Waals surface area contributed by atoms with Crippen LogP contribution in [0.1, 0.15) is 0 Å². The number of nitrogens with one attached hydrogen (secondary N) is 2. The molecule has 0 amide bonds. The number of aromatic nitrogens is 4. The van der Waals surface area contributed by atoms with Crippen molar-refractivity contribution < 1.29 is 8.78 Å². The van der Waals surface area contributed by atoms with Crippen LogP contribution in [-0.2, 0) is 0 Å². The van der Waals surface area contributed by atoms with E-state index in [4.69, 9.17) is 11.6 Å². The van der Waals surface area contributed by atoms with Gasteiger partial charge in [0.05, 0.1) is 11.6 Å². The predicted molar refractivity (Wildman–Crippen MR) is 74.0 cm³/mol. The normalized spacial score (nSPS) is 11.0. The number of anilines is 2. The van der Waals surface area contributed by atoms with E-state index in [0.29, 0.717) is 15.5 Å². The van der Waals surface area contributed by atoms with Crippen molar-refractivity contribution in [3.05, 3.63) is 39.7 Å². The molecule has 0 unspecified atom stereocenters. The lowest BCUT2D eigenvalue weighted by molar-refractivity contribution is 0.589. The van der Waals surface area contributed by atoms with Crippen LogP contribution in [-0.4, -0.2) is 20.2 Å². The first-order valence-electron chi connectivity index (χ1n) is 5.33. The van der Waals surface area contributed by atoms with Crippen molar-refractivity contribution in [2.75, 3.05) is 5.32 Å². The maximum Gasteiger partial charge on any atom is 0.226 e. The number of rotatable bonds is 2. The minimum absolute atomic E-state index is 0.0674. The first-order chi connectivity index (χ1) is 9.54. The van der Waals surface area contributed by atoms with E-state index >= 15 is 0 Å². The molecule has 2 N–H and O–H groups in total. The fraction of sp³-hybridized carbons (Fsp3) is 0. The van der Waals surface area contributed by atoms with Gasteiger partial charge in [-0.15, -0.1) is 0 Å². The lowest BCUT2D eigenvalue weighted by atomic mass is 10.2. The molecule has 1 aromatic carbocycles. The number of hydrogen-bond donors (Lipinski definition) is 2. The average molecular weight is 361 g/mol. The van der Waals surface area contributed by atoms with Crippen molar-refractivity contribution in [2.45, 2.75) is 0 Å². The molecule has 0 fully saturated rings. The van der Waals surface area contributed by atoms with Gasteiger partial charge in [0.2, 0.25) is 5.28 Å². The van der Waals surface area contributed by atoms with Gasteiger partial charge in [0, 0.05) is 4.47 Å². The SMILES string of the molecule is Fc1cc(Br)cc(F)c1Nc1nc(Cl)nc2[nH]ncc12. The quantitative estimate of drug-likeness (QED) is 0.682. The highest BCUT2D eigenvalue weighted by atomic mass is 79.9. The summed E-state index contributed by atoms with van der Waals surface area (Å²) in [5.74, 6) is -1.36. The molecule has 0 atom stereocenters. The molecule has 0 saturated carbocycles. The van der Waals surface area contributed by atoms with E-state index in [1.54, 1.807) is 0 Å². The first kappa shape index (κ1) is 13.2. The molecule has 0 radical (unpaired) electrons. The molecule has 3 aromatic rings. The summed E-state index contributed by atoms with van der Waals surface area (Å²) < 4.78 is 27.9. The predicted octanol–water partition coefficient (Wildman–Crippen LogP) is 3.79. The largest absolute Gasteiger partial charge is 0.335 e. The highest BCUT2D eigenvalue weighted by Gasteiger charge is 2.15. The number of aromatic amines is 1. The fourth-order valence-electron chi connectivity index (χ4n) is 1.68. The van der Waals surface area contributed by atoms with Crippen LogP contribution >= 0.6 is 27.5 Å². The molecule has 102 valence electrons. The third kappa shape index (κ3) is 2.32. The smallest absolute Gasteiger partial charge is 0.226 e. The van der Waals surface area contributed by atoms with Gasteiger partial charge in [0.1, 0.15) is 11.5 Å². The molecule has 9 heteroatoms. The van der Waals surface area contributed by atoms with Crippen LogP contribution in [0.15, 0.2) is 22.8 Å². The Labute approximate surface area is 124 Å². The average Bonchev–Trinajstić information content (AvgIpc) is 2.81. The van der Waals surface area contributed by atoms with Crippen molar-refractivity contribution in [1.82, 2.24) is 20.2 Å². The molecule has 0 aliphatic carbocycles. The highest BCUT2D eigenvalue weighted by molar-refractivity contribution is 9.10. The summed E-state index contributed by atoms with van der Waals surface area (Å²) in [6, 6.07) is 2.28. The van der Waals surface area contributed by atoms with E-state index in [1.165, 1.54) is 6.20 Å². The van der Waals surface area contributed by atoms with E-state index in [9.17, 15) is 8.78 Å². The van der Waals surface area contributed by atoms with Crippen molar-refractivity contribution in [1.29, 1.82) is 0 Å². The number of nitrogens with zero attached hydrogens (tertiary/aromatic N) is 3. The van der Waals surface area contributed by atoms with Crippen LogP contribution in [0.5, 0.6) is 0 Å². The Kier molecular flexibility index (Phi) is 3.27. The van der Waals surface area contributed by atoms with E-state index in [2.05, 4.69) is 41.4 Å². The summed E-state index contributed by atoms with van der Waals surface area (Å²) in [6.07, 6.45) is 1.43. The number of fused-ring (bicyclic) bond motifs is 1. The van der Waals surface area contributed by atoms with Gasteiger partial charge in [0.15, 0.2) is 17.3 Å². The maximum atomic E-state index is 13.8. The van der Waals surface area contributed by atoms with Crippen molar-refractivity contribution in [3.8, 4) is 0 Å². The maximum absolute atomic E-state index is 13.8. The van der Waals surface area contributed by atoms with Crippen molar-refractivity contribution >= 4 is 50.1 Å². The zero-order chi connectivity index (χ0) is 14.3. The number of benzene rings is 1. The second-order valence-corrected chi connectivity index (χ2v) is 5.10. The Balaban J connectivity index is 2.12. The lowest BCUT2D eigenvalue weighted by Gasteiger charge is -2.09. The fourth-order valence-corrected chi connectivity index (χ4v) is 2.25. The zero-order valence-electron chi connectivity index (χ0n) is 9.59. The van der Waals surface area contributed by atoms with Gasteiger partial charge in [-0.3, -0.25) is 5.10 Å². The molecule has 0 saturated heterocycles. The minimum atomic E-state index is -0.761. The Hall–Kier alpha value is -1.80. The molecule has 0 aliphatic rings. The lowest BCUT2D eigenvalue weighted by Crippen LogP contribution is -2.01. The molecule has 3 rings (SSSR count). The summed E-state index contributed by atoms with van der Waals surface area (Å²) in [4.78, 5) is 7.81. The zero-order valence-corrected chi connectivity index (χ0v) is 11.9. The Bertz CT molecular complexity index is 784.